The van der Waals surface area contributed by atoms with E-state index < -0.39 is 0 Å². The number of aryl methyl sites for hydroxylation is 2. The molecule has 166 valence electrons. The molecule has 0 aliphatic carbocycles. The van der Waals surface area contributed by atoms with Crippen LogP contribution in [-0.4, -0.2) is 52.8 Å². The third kappa shape index (κ3) is 4.06. The maximum Gasteiger partial charge on any atom is 0.0740 e. The number of ether oxygens (including phenoxy) is 1. The van der Waals surface area contributed by atoms with E-state index in [1.807, 2.05) is 25.6 Å². The number of aromatic nitrogens is 3. The Morgan fingerprint density at radius 3 is 2.84 bits per heavy atom. The summed E-state index contributed by atoms with van der Waals surface area (Å²) in [5.74, 6) is 0. The highest BCUT2D eigenvalue weighted by atomic mass is 16.5. The molecule has 1 fully saturated rings. The van der Waals surface area contributed by atoms with Gasteiger partial charge in [0.1, 0.15) is 0 Å². The van der Waals surface area contributed by atoms with E-state index in [9.17, 15) is 0 Å². The monoisotopic (exact) mass is 430 g/mol. The molecule has 0 saturated carbocycles. The van der Waals surface area contributed by atoms with Crippen LogP contribution in [0.4, 0.5) is 0 Å². The van der Waals surface area contributed by atoms with Crippen molar-refractivity contribution in [3.05, 3.63) is 59.2 Å². The van der Waals surface area contributed by atoms with Gasteiger partial charge in [-0.3, -0.25) is 15.1 Å². The van der Waals surface area contributed by atoms with Crippen LogP contribution in [0.2, 0.25) is 0 Å². The fraction of sp³-hybridized carbons (Fsp3) is 0.400. The van der Waals surface area contributed by atoms with E-state index in [1.54, 1.807) is 4.68 Å². The van der Waals surface area contributed by atoms with Crippen LogP contribution in [0.1, 0.15) is 30.4 Å². The molecule has 0 bridgehead atoms. The van der Waals surface area contributed by atoms with E-state index in [2.05, 4.69) is 40.9 Å². The number of hydrogen-bond acceptors (Lipinski definition) is 6. The first-order valence-corrected chi connectivity index (χ1v) is 11.3. The topological polar surface area (TPSA) is 87.8 Å². The van der Waals surface area contributed by atoms with Crippen LogP contribution in [0.3, 0.4) is 0 Å². The lowest BCUT2D eigenvalue weighted by atomic mass is 9.91. The molecular weight excluding hydrogens is 400 g/mol. The maximum atomic E-state index is 9.14. The van der Waals surface area contributed by atoms with Crippen molar-refractivity contribution in [3.63, 3.8) is 0 Å². The summed E-state index contributed by atoms with van der Waals surface area (Å²) in [5.41, 5.74) is 6.85. The quantitative estimate of drug-likeness (QED) is 0.541. The van der Waals surface area contributed by atoms with Crippen LogP contribution in [0.25, 0.3) is 22.0 Å². The minimum atomic E-state index is 0.429. The van der Waals surface area contributed by atoms with Crippen LogP contribution >= 0.6 is 0 Å². The normalized spacial score (nSPS) is 17.7. The van der Waals surface area contributed by atoms with Crippen molar-refractivity contribution in [1.29, 1.82) is 5.41 Å². The van der Waals surface area contributed by atoms with Gasteiger partial charge in [0.25, 0.3) is 0 Å². The molecule has 7 nitrogen and oxygen atoms in total. The molecule has 0 spiro atoms. The van der Waals surface area contributed by atoms with E-state index in [-0.39, 0.29) is 0 Å². The fourth-order valence-corrected chi connectivity index (χ4v) is 4.65. The molecule has 4 heterocycles. The van der Waals surface area contributed by atoms with Crippen LogP contribution < -0.4 is 10.6 Å². The van der Waals surface area contributed by atoms with Crippen LogP contribution in [0.15, 0.2) is 48.1 Å². The molecule has 3 N–H and O–H groups in total. The Morgan fingerprint density at radius 1 is 1.22 bits per heavy atom. The number of nitrogens with zero attached hydrogens (tertiary/aromatic N) is 3. The van der Waals surface area contributed by atoms with Gasteiger partial charge in [-0.15, -0.1) is 0 Å². The number of hydrogen-bond donors (Lipinski definition) is 3. The highest BCUT2D eigenvalue weighted by molar-refractivity contribution is 6.18. The summed E-state index contributed by atoms with van der Waals surface area (Å²) in [6.07, 6.45) is 8.68. The second-order valence-electron chi connectivity index (χ2n) is 8.74. The van der Waals surface area contributed by atoms with Gasteiger partial charge >= 0.3 is 0 Å². The average Bonchev–Trinajstić information content (AvgIpc) is 3.26. The standard InChI is InChI=1S/C25H30N6O/c1-16-3-4-19(21-14-28-24(11-20(16)21)17-12-29-31(2)15-17)25(26)22-13-27-8-5-23(22)30-18-6-9-32-10-7-18/h3-4,11-12,14-15,18,26-27,30H,5-10,13H2,1-2H3. The zero-order valence-electron chi connectivity index (χ0n) is 18.7. The summed E-state index contributed by atoms with van der Waals surface area (Å²) >= 11 is 0. The van der Waals surface area contributed by atoms with Gasteiger partial charge < -0.3 is 15.4 Å². The summed E-state index contributed by atoms with van der Waals surface area (Å²) in [5, 5.41) is 22.8. The van der Waals surface area contributed by atoms with Gasteiger partial charge in [-0.1, -0.05) is 12.1 Å². The Bertz CT molecular complexity index is 1190. The fourth-order valence-electron chi connectivity index (χ4n) is 4.65. The summed E-state index contributed by atoms with van der Waals surface area (Å²) in [6, 6.07) is 6.73. The predicted octanol–water partition coefficient (Wildman–Crippen LogP) is 3.33. The Labute approximate surface area is 188 Å². The Hall–Kier alpha value is -3.03. The number of benzene rings is 1. The van der Waals surface area contributed by atoms with E-state index in [1.165, 1.54) is 11.3 Å². The summed E-state index contributed by atoms with van der Waals surface area (Å²) in [7, 11) is 1.91. The second-order valence-corrected chi connectivity index (χ2v) is 8.74. The van der Waals surface area contributed by atoms with E-state index in [4.69, 9.17) is 15.1 Å². The lowest BCUT2D eigenvalue weighted by Gasteiger charge is -2.30. The second kappa shape index (κ2) is 8.84. The molecule has 0 unspecified atom stereocenters. The molecule has 1 saturated heterocycles. The molecule has 2 aliphatic heterocycles. The summed E-state index contributed by atoms with van der Waals surface area (Å²) in [4.78, 5) is 4.72. The van der Waals surface area contributed by atoms with Gasteiger partial charge in [0.15, 0.2) is 0 Å². The van der Waals surface area contributed by atoms with Crippen molar-refractivity contribution in [2.45, 2.75) is 32.2 Å². The predicted molar refractivity (Wildman–Crippen MR) is 127 cm³/mol. The SMILES string of the molecule is Cc1ccc(C(=N)C2=C(NC3CCOCC3)CCNC2)c2cnc(-c3cnn(C)c3)cc12. The molecule has 32 heavy (non-hydrogen) atoms. The Morgan fingerprint density at radius 2 is 2.06 bits per heavy atom. The van der Waals surface area contributed by atoms with Gasteiger partial charge in [0.05, 0.1) is 17.6 Å². The smallest absolute Gasteiger partial charge is 0.0740 e. The summed E-state index contributed by atoms with van der Waals surface area (Å²) in [6.45, 7) is 5.38. The first-order chi connectivity index (χ1) is 15.6. The number of pyridine rings is 1. The van der Waals surface area contributed by atoms with E-state index in [0.29, 0.717) is 18.3 Å². The molecule has 0 radical (unpaired) electrons. The molecule has 3 aromatic rings. The molecule has 0 atom stereocenters. The molecule has 0 amide bonds. The molecular formula is C25H30N6O. The van der Waals surface area contributed by atoms with Gasteiger partial charge in [0, 0.05) is 86.0 Å². The minimum absolute atomic E-state index is 0.429. The first kappa shape index (κ1) is 20.8. The number of nitrogens with one attached hydrogen (secondary N) is 3. The zero-order chi connectivity index (χ0) is 22.1. The summed E-state index contributed by atoms with van der Waals surface area (Å²) < 4.78 is 7.30. The molecule has 1 aromatic carbocycles. The van der Waals surface area contributed by atoms with Crippen molar-refractivity contribution < 1.29 is 4.74 Å². The Balaban J connectivity index is 1.52. The van der Waals surface area contributed by atoms with Crippen molar-refractivity contribution in [2.24, 2.45) is 7.05 Å². The van der Waals surface area contributed by atoms with Crippen LogP contribution in [-0.2, 0) is 11.8 Å². The van der Waals surface area contributed by atoms with Crippen molar-refractivity contribution in [2.75, 3.05) is 26.3 Å². The van der Waals surface area contributed by atoms with Gasteiger partial charge in [0.2, 0.25) is 0 Å². The van der Waals surface area contributed by atoms with Crippen molar-refractivity contribution in [3.8, 4) is 11.3 Å². The van der Waals surface area contributed by atoms with Crippen molar-refractivity contribution >= 4 is 16.5 Å². The minimum Gasteiger partial charge on any atom is -0.385 e. The third-order valence-electron chi connectivity index (χ3n) is 6.51. The van der Waals surface area contributed by atoms with Gasteiger partial charge in [-0.05, 0) is 36.8 Å². The van der Waals surface area contributed by atoms with Gasteiger partial charge in [-0.25, -0.2) is 0 Å². The first-order valence-electron chi connectivity index (χ1n) is 11.3. The average molecular weight is 431 g/mol. The Kier molecular flexibility index (Phi) is 5.76. The van der Waals surface area contributed by atoms with Crippen LogP contribution in [0.5, 0.6) is 0 Å². The number of fused-ring (bicyclic) bond motifs is 1. The third-order valence-corrected chi connectivity index (χ3v) is 6.51. The van der Waals surface area contributed by atoms with Crippen LogP contribution in [0, 0.1) is 12.3 Å². The highest BCUT2D eigenvalue weighted by Crippen LogP contribution is 2.29. The largest absolute Gasteiger partial charge is 0.385 e. The molecule has 7 heteroatoms. The zero-order valence-corrected chi connectivity index (χ0v) is 18.7. The molecule has 2 aliphatic rings. The van der Waals surface area contributed by atoms with E-state index in [0.717, 1.165) is 72.2 Å². The van der Waals surface area contributed by atoms with E-state index >= 15 is 0 Å². The molecule has 5 rings (SSSR count). The van der Waals surface area contributed by atoms with Gasteiger partial charge in [-0.2, -0.15) is 5.10 Å². The molecule has 2 aromatic heterocycles. The highest BCUT2D eigenvalue weighted by Gasteiger charge is 2.22. The van der Waals surface area contributed by atoms with Crippen molar-refractivity contribution in [1.82, 2.24) is 25.4 Å². The number of rotatable bonds is 5. The lowest BCUT2D eigenvalue weighted by Crippen LogP contribution is -2.40. The lowest BCUT2D eigenvalue weighted by molar-refractivity contribution is 0.0800. The maximum absolute atomic E-state index is 9.14.